The molecular weight excluding hydrogens is 402 g/mol. The van der Waals surface area contributed by atoms with E-state index in [0.717, 1.165) is 18.6 Å². The van der Waals surface area contributed by atoms with Gasteiger partial charge in [-0.25, -0.2) is 4.79 Å². The molecule has 162 valence electrons. The Morgan fingerprint density at radius 2 is 1.94 bits per heavy atom. The van der Waals surface area contributed by atoms with Crippen LogP contribution >= 0.6 is 0 Å². The molecule has 2 aromatic carbocycles. The van der Waals surface area contributed by atoms with Gasteiger partial charge in [-0.15, -0.1) is 0 Å². The third-order valence-corrected chi connectivity index (χ3v) is 5.39. The van der Waals surface area contributed by atoms with E-state index in [-0.39, 0.29) is 36.2 Å². The average Bonchev–Trinajstić information content (AvgIpc) is 3.36. The molecule has 0 radical (unpaired) electrons. The first-order valence-corrected chi connectivity index (χ1v) is 10.3. The summed E-state index contributed by atoms with van der Waals surface area (Å²) in [5, 5.41) is 13.7. The first-order valence-electron chi connectivity index (χ1n) is 10.3. The summed E-state index contributed by atoms with van der Waals surface area (Å²) in [6, 6.07) is 11.3. The lowest BCUT2D eigenvalue weighted by Gasteiger charge is -2.13. The number of carbonyl (C=O) groups excluding carboxylic acids is 1. The quantitative estimate of drug-likeness (QED) is 0.426. The lowest BCUT2D eigenvalue weighted by atomic mass is 10.2. The number of aryl methyl sites for hydroxylation is 1. The van der Waals surface area contributed by atoms with E-state index in [0.29, 0.717) is 17.6 Å². The number of non-ortho nitro benzene ring substituents is 1. The lowest BCUT2D eigenvalue weighted by Crippen LogP contribution is -2.17. The van der Waals surface area contributed by atoms with Crippen LogP contribution in [0.15, 0.2) is 51.7 Å². The Balaban J connectivity index is 1.29. The Bertz CT molecular complexity index is 1140. The lowest BCUT2D eigenvalue weighted by molar-refractivity contribution is -0.384. The van der Waals surface area contributed by atoms with Crippen LogP contribution in [0.5, 0.6) is 5.75 Å². The number of benzene rings is 2. The number of hydrogen-bond acceptors (Lipinski definition) is 6. The molecule has 9 heteroatoms. The summed E-state index contributed by atoms with van der Waals surface area (Å²) in [5.74, 6) is 0.0334. The molecule has 1 aliphatic carbocycles. The minimum absolute atomic E-state index is 0.146. The minimum Gasteiger partial charge on any atom is -0.490 e. The van der Waals surface area contributed by atoms with Gasteiger partial charge >= 0.3 is 5.76 Å². The summed E-state index contributed by atoms with van der Waals surface area (Å²) < 4.78 is 12.4. The summed E-state index contributed by atoms with van der Waals surface area (Å²) in [4.78, 5) is 34.6. The van der Waals surface area contributed by atoms with Gasteiger partial charge in [0.1, 0.15) is 5.75 Å². The van der Waals surface area contributed by atoms with Crippen molar-refractivity contribution >= 4 is 28.4 Å². The third-order valence-electron chi connectivity index (χ3n) is 5.39. The Labute approximate surface area is 177 Å². The maximum atomic E-state index is 12.2. The topological polar surface area (TPSA) is 117 Å². The van der Waals surface area contributed by atoms with Crippen LogP contribution in [0.1, 0.15) is 38.5 Å². The minimum atomic E-state index is -0.603. The number of nitro benzene ring substituents is 1. The summed E-state index contributed by atoms with van der Waals surface area (Å²) in [6.45, 7) is 0.269. The zero-order chi connectivity index (χ0) is 21.8. The Hall–Kier alpha value is -3.62. The molecule has 0 bridgehead atoms. The van der Waals surface area contributed by atoms with Gasteiger partial charge < -0.3 is 14.5 Å². The summed E-state index contributed by atoms with van der Waals surface area (Å²) in [7, 11) is 0. The van der Waals surface area contributed by atoms with Crippen molar-refractivity contribution in [3.63, 3.8) is 0 Å². The number of aromatic nitrogens is 1. The van der Waals surface area contributed by atoms with E-state index in [9.17, 15) is 19.7 Å². The standard InChI is InChI=1S/C22H23N3O6/c26-21(23-15-7-10-18(11-8-15)30-17-4-1-2-5-17)6-3-13-24-19-12-9-16(25(28)29)14-20(19)31-22(24)27/h7-12,14,17H,1-6,13H2,(H,23,26). The Morgan fingerprint density at radius 1 is 1.19 bits per heavy atom. The highest BCUT2D eigenvalue weighted by molar-refractivity contribution is 5.90. The number of hydrogen-bond donors (Lipinski definition) is 1. The predicted octanol–water partition coefficient (Wildman–Crippen LogP) is 4.24. The molecule has 0 saturated heterocycles. The van der Waals surface area contributed by atoms with Gasteiger partial charge in [0.15, 0.2) is 5.58 Å². The molecule has 4 rings (SSSR count). The van der Waals surface area contributed by atoms with Crippen LogP contribution < -0.4 is 15.8 Å². The molecule has 1 aliphatic rings. The molecule has 1 fully saturated rings. The van der Waals surface area contributed by atoms with Gasteiger partial charge in [0.2, 0.25) is 5.91 Å². The summed E-state index contributed by atoms with van der Waals surface area (Å²) in [5.41, 5.74) is 1.16. The van der Waals surface area contributed by atoms with E-state index < -0.39 is 10.7 Å². The van der Waals surface area contributed by atoms with Gasteiger partial charge in [-0.3, -0.25) is 19.5 Å². The zero-order valence-corrected chi connectivity index (χ0v) is 16.9. The van der Waals surface area contributed by atoms with Gasteiger partial charge in [-0.1, -0.05) is 0 Å². The number of nitro groups is 1. The molecule has 3 aromatic rings. The SMILES string of the molecule is O=C(CCCn1c(=O)oc2cc([N+](=O)[O-])ccc21)Nc1ccc(OC2CCCC2)cc1. The van der Waals surface area contributed by atoms with Crippen LogP contribution in [0.2, 0.25) is 0 Å². The van der Waals surface area contributed by atoms with E-state index in [4.69, 9.17) is 9.15 Å². The van der Waals surface area contributed by atoms with Crippen molar-refractivity contribution in [3.8, 4) is 5.75 Å². The molecule has 0 unspecified atom stereocenters. The zero-order valence-electron chi connectivity index (χ0n) is 16.9. The van der Waals surface area contributed by atoms with E-state index in [1.54, 1.807) is 0 Å². The first-order chi connectivity index (χ1) is 15.0. The molecule has 1 aromatic heterocycles. The largest absolute Gasteiger partial charge is 0.490 e. The van der Waals surface area contributed by atoms with E-state index in [2.05, 4.69) is 5.32 Å². The Morgan fingerprint density at radius 3 is 2.65 bits per heavy atom. The van der Waals surface area contributed by atoms with Crippen LogP contribution in [0.4, 0.5) is 11.4 Å². The fourth-order valence-electron chi connectivity index (χ4n) is 3.82. The second-order valence-electron chi connectivity index (χ2n) is 7.63. The van der Waals surface area contributed by atoms with Crippen LogP contribution in [-0.2, 0) is 11.3 Å². The van der Waals surface area contributed by atoms with Crippen LogP contribution in [0, 0.1) is 10.1 Å². The average molecular weight is 425 g/mol. The van der Waals surface area contributed by atoms with Gasteiger partial charge in [0, 0.05) is 24.7 Å². The van der Waals surface area contributed by atoms with E-state index in [1.807, 2.05) is 24.3 Å². The third kappa shape index (κ3) is 4.93. The van der Waals surface area contributed by atoms with Crippen molar-refractivity contribution in [2.75, 3.05) is 5.32 Å². The predicted molar refractivity (Wildman–Crippen MR) is 114 cm³/mol. The molecule has 1 heterocycles. The highest BCUT2D eigenvalue weighted by Gasteiger charge is 2.17. The highest BCUT2D eigenvalue weighted by Crippen LogP contribution is 2.25. The summed E-state index contributed by atoms with van der Waals surface area (Å²) in [6.07, 6.45) is 5.51. The molecule has 0 aliphatic heterocycles. The van der Waals surface area contributed by atoms with Gasteiger partial charge in [-0.2, -0.15) is 0 Å². The van der Waals surface area contributed by atoms with Gasteiger partial charge in [0.05, 0.1) is 22.6 Å². The van der Waals surface area contributed by atoms with Crippen molar-refractivity contribution in [2.45, 2.75) is 51.2 Å². The number of rotatable bonds is 8. The van der Waals surface area contributed by atoms with Crippen molar-refractivity contribution in [1.29, 1.82) is 0 Å². The number of fused-ring (bicyclic) bond motifs is 1. The van der Waals surface area contributed by atoms with Crippen molar-refractivity contribution in [1.82, 2.24) is 4.57 Å². The van der Waals surface area contributed by atoms with Crippen molar-refractivity contribution in [2.24, 2.45) is 0 Å². The number of ether oxygens (including phenoxy) is 1. The smallest absolute Gasteiger partial charge is 0.419 e. The van der Waals surface area contributed by atoms with Crippen LogP contribution in [0.25, 0.3) is 11.1 Å². The molecule has 1 saturated carbocycles. The number of nitrogens with one attached hydrogen (secondary N) is 1. The Kier molecular flexibility index (Phi) is 6.01. The monoisotopic (exact) mass is 425 g/mol. The number of anilines is 1. The van der Waals surface area contributed by atoms with Gasteiger partial charge in [-0.05, 0) is 62.4 Å². The molecule has 9 nitrogen and oxygen atoms in total. The summed E-state index contributed by atoms with van der Waals surface area (Å²) >= 11 is 0. The number of oxazole rings is 1. The molecule has 0 atom stereocenters. The van der Waals surface area contributed by atoms with E-state index >= 15 is 0 Å². The maximum Gasteiger partial charge on any atom is 0.419 e. The van der Waals surface area contributed by atoms with Crippen LogP contribution in [0.3, 0.4) is 0 Å². The molecule has 1 amide bonds. The normalized spacial score (nSPS) is 14.1. The second-order valence-corrected chi connectivity index (χ2v) is 7.63. The van der Waals surface area contributed by atoms with Crippen LogP contribution in [-0.4, -0.2) is 21.5 Å². The number of nitrogens with zero attached hydrogens (tertiary/aromatic N) is 2. The molecule has 0 spiro atoms. The maximum absolute atomic E-state index is 12.2. The van der Waals surface area contributed by atoms with Gasteiger partial charge in [0.25, 0.3) is 5.69 Å². The molecule has 1 N–H and O–H groups in total. The first kappa shape index (κ1) is 20.6. The van der Waals surface area contributed by atoms with Crippen molar-refractivity contribution < 1.29 is 18.9 Å². The second kappa shape index (κ2) is 9.03. The molecular formula is C22H23N3O6. The number of carbonyl (C=O) groups is 1. The van der Waals surface area contributed by atoms with Crippen molar-refractivity contribution in [3.05, 3.63) is 63.1 Å². The fourth-order valence-corrected chi connectivity index (χ4v) is 3.82. The molecule has 31 heavy (non-hydrogen) atoms. The number of amides is 1. The highest BCUT2D eigenvalue weighted by atomic mass is 16.6. The fraction of sp³-hybridized carbons (Fsp3) is 0.364. The van der Waals surface area contributed by atoms with E-state index in [1.165, 1.54) is 35.6 Å².